The quantitative estimate of drug-likeness (QED) is 0.473. The Morgan fingerprint density at radius 1 is 1.33 bits per heavy atom. The Morgan fingerprint density at radius 3 is 2.83 bits per heavy atom. The second-order valence-corrected chi connectivity index (χ2v) is 6.55. The van der Waals surface area contributed by atoms with Crippen molar-refractivity contribution in [3.05, 3.63) is 34.8 Å². The Labute approximate surface area is 152 Å². The van der Waals surface area contributed by atoms with E-state index < -0.39 is 0 Å². The van der Waals surface area contributed by atoms with Crippen molar-refractivity contribution in [1.29, 1.82) is 0 Å². The number of guanidine groups is 1. The molecule has 0 bridgehead atoms. The first-order valence-electron chi connectivity index (χ1n) is 6.81. The number of nitrogens with one attached hydrogen (secondary N) is 1. The number of nitrogens with two attached hydrogens (primary N) is 2. The van der Waals surface area contributed by atoms with Crippen LogP contribution in [0.2, 0.25) is 0 Å². The number of hydrogen-bond acceptors (Lipinski definition) is 6. The number of anilines is 1. The minimum atomic E-state index is -0.340. The fourth-order valence-corrected chi connectivity index (χ4v) is 3.54. The van der Waals surface area contributed by atoms with Crippen molar-refractivity contribution in [3.63, 3.8) is 0 Å². The Morgan fingerprint density at radius 2 is 2.12 bits per heavy atom. The molecule has 2 aromatic heterocycles. The summed E-state index contributed by atoms with van der Waals surface area (Å²) in [6.07, 6.45) is 0.960. The fraction of sp³-hybridized carbons (Fsp3) is 0.143. The topological polar surface area (TPSA) is 119 Å². The molecule has 0 saturated heterocycles. The third-order valence-corrected chi connectivity index (χ3v) is 4.70. The number of nitrogens with zero attached hydrogens (tertiary/aromatic N) is 3. The van der Waals surface area contributed by atoms with E-state index >= 15 is 0 Å². The van der Waals surface area contributed by atoms with E-state index in [9.17, 15) is 4.79 Å². The summed E-state index contributed by atoms with van der Waals surface area (Å²) in [5.74, 6) is -0.433. The number of benzene rings is 1. The molecule has 0 fully saturated rings. The molecule has 0 radical (unpaired) electrons. The number of hydrogen-bond donors (Lipinski definition) is 3. The Hall–Kier alpha value is -2.23. The lowest BCUT2D eigenvalue weighted by Gasteiger charge is -1.96. The van der Waals surface area contributed by atoms with Crippen molar-refractivity contribution in [2.75, 3.05) is 5.32 Å². The molecular formula is C14H15ClN6OS2. The normalized spacial score (nSPS) is 10.2. The molecule has 126 valence electrons. The molecule has 0 atom stereocenters. The second-order valence-electron chi connectivity index (χ2n) is 4.68. The van der Waals surface area contributed by atoms with Gasteiger partial charge in [0.2, 0.25) is 5.13 Å². The van der Waals surface area contributed by atoms with E-state index in [1.807, 2.05) is 12.1 Å². The zero-order valence-corrected chi connectivity index (χ0v) is 15.1. The van der Waals surface area contributed by atoms with Crippen molar-refractivity contribution in [3.8, 4) is 0 Å². The number of aromatic nitrogens is 2. The van der Waals surface area contributed by atoms with Crippen LogP contribution in [0.15, 0.2) is 28.6 Å². The van der Waals surface area contributed by atoms with Gasteiger partial charge in [-0.05, 0) is 24.1 Å². The lowest BCUT2D eigenvalue weighted by molar-refractivity contribution is 0.102. The van der Waals surface area contributed by atoms with Crippen LogP contribution in [-0.4, -0.2) is 21.8 Å². The Kier molecular flexibility index (Phi) is 5.71. The maximum atomic E-state index is 12.2. The first-order valence-corrected chi connectivity index (χ1v) is 8.50. The predicted octanol–water partition coefficient (Wildman–Crippen LogP) is 2.89. The minimum absolute atomic E-state index is 0. The summed E-state index contributed by atoms with van der Waals surface area (Å²) in [4.78, 5) is 24.5. The van der Waals surface area contributed by atoms with E-state index in [4.69, 9.17) is 11.5 Å². The number of aliphatic imine (C=N–C) groups is 1. The largest absolute Gasteiger partial charge is 0.370 e. The van der Waals surface area contributed by atoms with Gasteiger partial charge in [-0.2, -0.15) is 4.99 Å². The standard InChI is InChI=1S/C14H14N6OS2.ClH/c1-2-7-3-4-8-10(5-7)23-14(17-8)19-11(21)9-6-22-13(18-9)20-12(15)16;/h3-6H,2H2,1H3,(H,17,19,21)(H4,15,16,18,20);1H. The van der Waals surface area contributed by atoms with Crippen LogP contribution >= 0.6 is 35.1 Å². The zero-order chi connectivity index (χ0) is 16.4. The Bertz CT molecular complexity index is 900. The Balaban J connectivity index is 0.00000208. The molecular weight excluding hydrogens is 368 g/mol. The van der Waals surface area contributed by atoms with E-state index in [-0.39, 0.29) is 30.0 Å². The summed E-state index contributed by atoms with van der Waals surface area (Å²) in [6.45, 7) is 2.10. The molecule has 1 amide bonds. The first-order chi connectivity index (χ1) is 11.0. The molecule has 0 unspecified atom stereocenters. The number of amides is 1. The van der Waals surface area contributed by atoms with Gasteiger partial charge in [0, 0.05) is 5.38 Å². The van der Waals surface area contributed by atoms with Crippen molar-refractivity contribution >= 4 is 67.4 Å². The van der Waals surface area contributed by atoms with E-state index in [1.165, 1.54) is 28.2 Å². The molecule has 7 nitrogen and oxygen atoms in total. The molecule has 3 rings (SSSR count). The zero-order valence-electron chi connectivity index (χ0n) is 12.6. The van der Waals surface area contributed by atoms with E-state index in [1.54, 1.807) is 5.38 Å². The molecule has 5 N–H and O–H groups in total. The molecule has 0 aliphatic rings. The van der Waals surface area contributed by atoms with Gasteiger partial charge in [-0.25, -0.2) is 9.97 Å². The molecule has 2 heterocycles. The number of thiazole rings is 2. The lowest BCUT2D eigenvalue weighted by Crippen LogP contribution is -2.21. The van der Waals surface area contributed by atoms with Gasteiger partial charge in [0.15, 0.2) is 11.1 Å². The van der Waals surface area contributed by atoms with Gasteiger partial charge in [0.05, 0.1) is 10.2 Å². The van der Waals surface area contributed by atoms with Gasteiger partial charge in [-0.1, -0.05) is 24.3 Å². The van der Waals surface area contributed by atoms with Gasteiger partial charge in [0.1, 0.15) is 5.69 Å². The van der Waals surface area contributed by atoms with Gasteiger partial charge in [-0.15, -0.1) is 23.7 Å². The van der Waals surface area contributed by atoms with Crippen LogP contribution in [0, 0.1) is 0 Å². The van der Waals surface area contributed by atoms with Gasteiger partial charge < -0.3 is 11.5 Å². The molecule has 0 saturated carbocycles. The van der Waals surface area contributed by atoms with E-state index in [2.05, 4.69) is 33.3 Å². The highest BCUT2D eigenvalue weighted by Gasteiger charge is 2.13. The molecule has 0 aliphatic heterocycles. The molecule has 0 spiro atoms. The summed E-state index contributed by atoms with van der Waals surface area (Å²) >= 11 is 2.62. The highest BCUT2D eigenvalue weighted by atomic mass is 35.5. The first kappa shape index (κ1) is 18.1. The summed E-state index contributed by atoms with van der Waals surface area (Å²) in [7, 11) is 0. The predicted molar refractivity (Wildman–Crippen MR) is 102 cm³/mol. The monoisotopic (exact) mass is 382 g/mol. The van der Waals surface area contributed by atoms with Crippen LogP contribution in [0.25, 0.3) is 10.2 Å². The maximum Gasteiger partial charge on any atom is 0.276 e. The van der Waals surface area contributed by atoms with Gasteiger partial charge >= 0.3 is 0 Å². The molecule has 0 aliphatic carbocycles. The van der Waals surface area contributed by atoms with Crippen LogP contribution in [0.3, 0.4) is 0 Å². The molecule has 1 aromatic carbocycles. The second kappa shape index (κ2) is 7.56. The number of rotatable bonds is 4. The summed E-state index contributed by atoms with van der Waals surface area (Å²) in [5.41, 5.74) is 12.9. The van der Waals surface area contributed by atoms with Crippen LogP contribution in [0.5, 0.6) is 0 Å². The number of halogens is 1. The third kappa shape index (κ3) is 3.99. The average Bonchev–Trinajstić information content (AvgIpc) is 3.11. The van der Waals surface area contributed by atoms with Crippen LogP contribution in [0.1, 0.15) is 23.0 Å². The van der Waals surface area contributed by atoms with E-state index in [0.717, 1.165) is 16.6 Å². The lowest BCUT2D eigenvalue weighted by atomic mass is 10.2. The molecule has 24 heavy (non-hydrogen) atoms. The highest BCUT2D eigenvalue weighted by molar-refractivity contribution is 7.22. The van der Waals surface area contributed by atoms with Crippen LogP contribution in [0.4, 0.5) is 10.3 Å². The average molecular weight is 383 g/mol. The van der Waals surface area contributed by atoms with E-state index in [0.29, 0.717) is 10.3 Å². The molecule has 3 aromatic rings. The van der Waals surface area contributed by atoms with Gasteiger partial charge in [0.25, 0.3) is 5.91 Å². The highest BCUT2D eigenvalue weighted by Crippen LogP contribution is 2.27. The van der Waals surface area contributed by atoms with Gasteiger partial charge in [-0.3, -0.25) is 10.1 Å². The fourth-order valence-electron chi connectivity index (χ4n) is 1.93. The summed E-state index contributed by atoms with van der Waals surface area (Å²) in [5, 5.41) is 5.23. The maximum absolute atomic E-state index is 12.2. The van der Waals surface area contributed by atoms with Crippen LogP contribution in [-0.2, 0) is 6.42 Å². The van der Waals surface area contributed by atoms with Crippen molar-refractivity contribution in [2.24, 2.45) is 16.5 Å². The number of aryl methyl sites for hydroxylation is 1. The summed E-state index contributed by atoms with van der Waals surface area (Å²) in [6, 6.07) is 6.08. The van der Waals surface area contributed by atoms with Crippen molar-refractivity contribution < 1.29 is 4.79 Å². The van der Waals surface area contributed by atoms with Crippen LogP contribution < -0.4 is 16.8 Å². The van der Waals surface area contributed by atoms with Crippen molar-refractivity contribution in [1.82, 2.24) is 9.97 Å². The summed E-state index contributed by atoms with van der Waals surface area (Å²) < 4.78 is 1.04. The number of carbonyl (C=O) groups is 1. The number of carbonyl (C=O) groups excluding carboxylic acids is 1. The third-order valence-electron chi connectivity index (χ3n) is 3.03. The SMILES string of the molecule is CCc1ccc2nc(NC(=O)c3csc(N=C(N)N)n3)sc2c1.Cl. The van der Waals surface area contributed by atoms with Crippen molar-refractivity contribution in [2.45, 2.75) is 13.3 Å². The minimum Gasteiger partial charge on any atom is -0.370 e. The smallest absolute Gasteiger partial charge is 0.276 e. The molecule has 10 heteroatoms. The number of fused-ring (bicyclic) bond motifs is 1.